The quantitative estimate of drug-likeness (QED) is 0.396. The molecule has 2 aromatic carbocycles. The molecule has 0 spiro atoms. The van der Waals surface area contributed by atoms with E-state index in [0.717, 1.165) is 21.6 Å². The van der Waals surface area contributed by atoms with Gasteiger partial charge in [-0.15, -0.1) is 10.2 Å². The van der Waals surface area contributed by atoms with E-state index in [9.17, 15) is 10.1 Å². The van der Waals surface area contributed by atoms with Crippen LogP contribution in [0.15, 0.2) is 48.7 Å². The second kappa shape index (κ2) is 6.89. The number of H-pyrrole nitrogens is 1. The smallest absolute Gasteiger partial charge is 0.272 e. The van der Waals surface area contributed by atoms with E-state index in [1.54, 1.807) is 24.4 Å². The third-order valence-corrected chi connectivity index (χ3v) is 4.85. The number of rotatable bonds is 6. The standard InChI is InChI=1S/C17H14N6O2S/c24-23(25)15-4-2-1-3-11(15)5-8-16-21-22-17(26-16)19-13-6-7-14-12(9-13)10-18-20-14/h1-4,6-7,9-10H,5,8H2,(H,18,20)(H,19,22). The molecule has 2 aromatic heterocycles. The Kier molecular flexibility index (Phi) is 4.28. The van der Waals surface area contributed by atoms with Gasteiger partial charge in [0.25, 0.3) is 5.69 Å². The number of para-hydroxylation sites is 1. The summed E-state index contributed by atoms with van der Waals surface area (Å²) in [4.78, 5) is 10.7. The van der Waals surface area contributed by atoms with Crippen molar-refractivity contribution in [2.75, 3.05) is 5.32 Å². The van der Waals surface area contributed by atoms with E-state index in [1.165, 1.54) is 17.4 Å². The van der Waals surface area contributed by atoms with Crippen LogP contribution >= 0.6 is 11.3 Å². The third-order valence-electron chi connectivity index (χ3n) is 3.95. The average molecular weight is 366 g/mol. The number of aromatic amines is 1. The van der Waals surface area contributed by atoms with Crippen LogP contribution in [0.5, 0.6) is 0 Å². The molecule has 0 radical (unpaired) electrons. The Hall–Kier alpha value is -3.33. The largest absolute Gasteiger partial charge is 0.330 e. The average Bonchev–Trinajstić information content (AvgIpc) is 3.29. The van der Waals surface area contributed by atoms with Crippen molar-refractivity contribution in [3.05, 3.63) is 69.3 Å². The molecule has 0 saturated carbocycles. The van der Waals surface area contributed by atoms with Gasteiger partial charge in [-0.2, -0.15) is 5.10 Å². The van der Waals surface area contributed by atoms with E-state index < -0.39 is 0 Å². The fourth-order valence-corrected chi connectivity index (χ4v) is 3.45. The highest BCUT2D eigenvalue weighted by Crippen LogP contribution is 2.25. The first-order chi connectivity index (χ1) is 12.7. The molecule has 9 heteroatoms. The maximum absolute atomic E-state index is 11.1. The third kappa shape index (κ3) is 3.38. The molecule has 0 aliphatic rings. The fraction of sp³-hybridized carbons (Fsp3) is 0.118. The first-order valence-electron chi connectivity index (χ1n) is 7.94. The van der Waals surface area contributed by atoms with Crippen molar-refractivity contribution in [2.45, 2.75) is 12.8 Å². The van der Waals surface area contributed by atoms with Crippen LogP contribution < -0.4 is 5.32 Å². The lowest BCUT2D eigenvalue weighted by atomic mass is 10.1. The van der Waals surface area contributed by atoms with Gasteiger partial charge >= 0.3 is 0 Å². The summed E-state index contributed by atoms with van der Waals surface area (Å²) in [6.07, 6.45) is 2.91. The monoisotopic (exact) mass is 366 g/mol. The lowest BCUT2D eigenvalue weighted by Gasteiger charge is -2.01. The first kappa shape index (κ1) is 16.2. The second-order valence-electron chi connectivity index (χ2n) is 5.68. The number of nitro groups is 1. The minimum absolute atomic E-state index is 0.142. The Morgan fingerprint density at radius 2 is 2.04 bits per heavy atom. The van der Waals surface area contributed by atoms with E-state index in [4.69, 9.17) is 0 Å². The normalized spacial score (nSPS) is 10.9. The van der Waals surface area contributed by atoms with Gasteiger partial charge in [-0.1, -0.05) is 29.5 Å². The molecule has 0 atom stereocenters. The molecule has 0 saturated heterocycles. The Bertz CT molecular complexity index is 1070. The zero-order valence-corrected chi connectivity index (χ0v) is 14.4. The van der Waals surface area contributed by atoms with E-state index in [0.29, 0.717) is 23.5 Å². The van der Waals surface area contributed by atoms with E-state index >= 15 is 0 Å². The lowest BCUT2D eigenvalue weighted by Crippen LogP contribution is -1.97. The van der Waals surface area contributed by atoms with Crippen LogP contribution in [0.4, 0.5) is 16.5 Å². The van der Waals surface area contributed by atoms with Gasteiger partial charge in [-0.05, 0) is 24.6 Å². The summed E-state index contributed by atoms with van der Waals surface area (Å²) in [6, 6.07) is 12.6. The van der Waals surface area contributed by atoms with Crippen LogP contribution in [0.3, 0.4) is 0 Å². The Balaban J connectivity index is 1.44. The molecule has 130 valence electrons. The Labute approximate surface area is 152 Å². The molecule has 4 aromatic rings. The molecular formula is C17H14N6O2S. The van der Waals surface area contributed by atoms with E-state index in [-0.39, 0.29) is 10.6 Å². The predicted molar refractivity (Wildman–Crippen MR) is 99.8 cm³/mol. The summed E-state index contributed by atoms with van der Waals surface area (Å²) in [5, 5.41) is 32.1. The number of hydrogen-bond donors (Lipinski definition) is 2. The molecule has 2 heterocycles. The van der Waals surface area contributed by atoms with Gasteiger partial charge in [-0.3, -0.25) is 15.2 Å². The van der Waals surface area contributed by atoms with Crippen LogP contribution in [0.1, 0.15) is 10.6 Å². The van der Waals surface area contributed by atoms with Crippen molar-refractivity contribution in [1.29, 1.82) is 0 Å². The molecule has 0 aliphatic heterocycles. The summed E-state index contributed by atoms with van der Waals surface area (Å²) in [5.74, 6) is 0. The van der Waals surface area contributed by atoms with Gasteiger partial charge in [-0.25, -0.2) is 0 Å². The first-order valence-corrected chi connectivity index (χ1v) is 8.75. The van der Waals surface area contributed by atoms with Gasteiger partial charge in [0.05, 0.1) is 16.6 Å². The van der Waals surface area contributed by atoms with Crippen molar-refractivity contribution in [2.24, 2.45) is 0 Å². The number of nitro benzene ring substituents is 1. The highest BCUT2D eigenvalue weighted by molar-refractivity contribution is 7.15. The van der Waals surface area contributed by atoms with Crippen molar-refractivity contribution < 1.29 is 4.92 Å². The summed E-state index contributed by atoms with van der Waals surface area (Å²) in [7, 11) is 0. The van der Waals surface area contributed by atoms with E-state index in [1.807, 2.05) is 18.2 Å². The maximum Gasteiger partial charge on any atom is 0.272 e. The molecule has 0 amide bonds. The number of nitrogens with zero attached hydrogens (tertiary/aromatic N) is 4. The highest BCUT2D eigenvalue weighted by Gasteiger charge is 2.13. The maximum atomic E-state index is 11.1. The van der Waals surface area contributed by atoms with Crippen molar-refractivity contribution in [1.82, 2.24) is 20.4 Å². The van der Waals surface area contributed by atoms with Gasteiger partial charge < -0.3 is 5.32 Å². The van der Waals surface area contributed by atoms with Crippen LogP contribution in [-0.2, 0) is 12.8 Å². The fourth-order valence-electron chi connectivity index (χ4n) is 2.69. The molecule has 0 unspecified atom stereocenters. The van der Waals surface area contributed by atoms with Crippen LogP contribution in [0, 0.1) is 10.1 Å². The summed E-state index contributed by atoms with van der Waals surface area (Å²) in [5.41, 5.74) is 2.72. The number of hydrogen-bond acceptors (Lipinski definition) is 7. The summed E-state index contributed by atoms with van der Waals surface area (Å²) in [6.45, 7) is 0. The summed E-state index contributed by atoms with van der Waals surface area (Å²) < 4.78 is 0. The topological polar surface area (TPSA) is 110 Å². The molecule has 26 heavy (non-hydrogen) atoms. The van der Waals surface area contributed by atoms with E-state index in [2.05, 4.69) is 25.7 Å². The minimum Gasteiger partial charge on any atom is -0.330 e. The number of nitrogens with one attached hydrogen (secondary N) is 2. The predicted octanol–water partition coefficient (Wildman–Crippen LogP) is 3.85. The van der Waals surface area contributed by atoms with Gasteiger partial charge in [0.1, 0.15) is 5.01 Å². The molecule has 0 aliphatic carbocycles. The molecule has 0 fully saturated rings. The molecule has 0 bridgehead atoms. The minimum atomic E-state index is -0.353. The van der Waals surface area contributed by atoms with Crippen LogP contribution in [0.2, 0.25) is 0 Å². The number of anilines is 2. The number of aryl methyl sites for hydroxylation is 2. The summed E-state index contributed by atoms with van der Waals surface area (Å²) >= 11 is 1.44. The van der Waals surface area contributed by atoms with Gasteiger partial charge in [0.15, 0.2) is 0 Å². The number of fused-ring (bicyclic) bond motifs is 1. The SMILES string of the molecule is O=[N+]([O-])c1ccccc1CCc1nnc(Nc2ccc3[nH]ncc3c2)s1. The van der Waals surface area contributed by atoms with Crippen LogP contribution in [-0.4, -0.2) is 25.3 Å². The zero-order valence-electron chi connectivity index (χ0n) is 13.5. The Morgan fingerprint density at radius 3 is 2.92 bits per heavy atom. The van der Waals surface area contributed by atoms with Gasteiger partial charge in [0, 0.05) is 29.1 Å². The van der Waals surface area contributed by atoms with Crippen LogP contribution in [0.25, 0.3) is 10.9 Å². The number of aromatic nitrogens is 4. The number of benzene rings is 2. The van der Waals surface area contributed by atoms with Crippen molar-refractivity contribution in [3.63, 3.8) is 0 Å². The molecule has 4 rings (SSSR count). The van der Waals surface area contributed by atoms with Gasteiger partial charge in [0.2, 0.25) is 5.13 Å². The second-order valence-corrected chi connectivity index (χ2v) is 6.75. The molecule has 2 N–H and O–H groups in total. The zero-order chi connectivity index (χ0) is 17.9. The highest BCUT2D eigenvalue weighted by atomic mass is 32.1. The van der Waals surface area contributed by atoms with Crippen molar-refractivity contribution >= 4 is 38.7 Å². The molecular weight excluding hydrogens is 352 g/mol. The Morgan fingerprint density at radius 1 is 1.15 bits per heavy atom. The van der Waals surface area contributed by atoms with Crippen molar-refractivity contribution in [3.8, 4) is 0 Å². The lowest BCUT2D eigenvalue weighted by molar-refractivity contribution is -0.385. The molecule has 8 nitrogen and oxygen atoms in total.